The van der Waals surface area contributed by atoms with Crippen LogP contribution in [0.15, 0.2) is 78.2 Å². The Bertz CT molecular complexity index is 1270. The molecule has 166 valence electrons. The van der Waals surface area contributed by atoms with Gasteiger partial charge >= 0.3 is 0 Å². The van der Waals surface area contributed by atoms with Gasteiger partial charge in [0.2, 0.25) is 5.91 Å². The van der Waals surface area contributed by atoms with Gasteiger partial charge in [-0.05, 0) is 30.3 Å². The zero-order valence-corrected chi connectivity index (χ0v) is 19.5. The molecule has 4 aromatic rings. The summed E-state index contributed by atoms with van der Waals surface area (Å²) in [7, 11) is 1.49. The minimum absolute atomic E-state index is 0.0572. The molecule has 0 saturated carbocycles. The largest absolute Gasteiger partial charge is 0.496 e. The molecule has 0 radical (unpaired) electrons. The van der Waals surface area contributed by atoms with E-state index in [9.17, 15) is 9.59 Å². The second kappa shape index (κ2) is 10.4. The Morgan fingerprint density at radius 3 is 2.45 bits per heavy atom. The number of aromatic nitrogens is 1. The van der Waals surface area contributed by atoms with Crippen molar-refractivity contribution in [2.45, 2.75) is 12.8 Å². The van der Waals surface area contributed by atoms with E-state index in [1.807, 2.05) is 60.0 Å². The van der Waals surface area contributed by atoms with E-state index in [0.717, 1.165) is 21.8 Å². The third kappa shape index (κ3) is 5.66. The monoisotopic (exact) mass is 476 g/mol. The normalized spacial score (nSPS) is 10.6. The molecule has 0 atom stereocenters. The fourth-order valence-corrected chi connectivity index (χ4v) is 4.33. The minimum Gasteiger partial charge on any atom is -0.496 e. The van der Waals surface area contributed by atoms with Crippen LogP contribution in [0.3, 0.4) is 0 Å². The van der Waals surface area contributed by atoms with Crippen molar-refractivity contribution >= 4 is 40.3 Å². The Morgan fingerprint density at radius 1 is 0.970 bits per heavy atom. The lowest BCUT2D eigenvalue weighted by molar-refractivity contribution is -0.116. The van der Waals surface area contributed by atoms with Crippen molar-refractivity contribution < 1.29 is 14.3 Å². The molecule has 5 nitrogen and oxygen atoms in total. The van der Waals surface area contributed by atoms with Crippen LogP contribution in [0.5, 0.6) is 5.75 Å². The molecule has 0 aliphatic rings. The third-order valence-corrected chi connectivity index (χ3v) is 6.16. The van der Waals surface area contributed by atoms with Gasteiger partial charge in [0.1, 0.15) is 10.8 Å². The molecule has 4 rings (SSSR count). The second-order valence-corrected chi connectivity index (χ2v) is 8.59. The summed E-state index contributed by atoms with van der Waals surface area (Å²) in [5.74, 6) is 0.00701. The van der Waals surface area contributed by atoms with Gasteiger partial charge < -0.3 is 10.1 Å². The van der Waals surface area contributed by atoms with Crippen molar-refractivity contribution in [3.05, 3.63) is 88.8 Å². The number of hydrogen-bond donors (Lipinski definition) is 1. The molecule has 7 heteroatoms. The van der Waals surface area contributed by atoms with Crippen LogP contribution in [0.2, 0.25) is 5.02 Å². The first-order valence-electron chi connectivity index (χ1n) is 10.3. The fraction of sp³-hybridized carbons (Fsp3) is 0.115. The van der Waals surface area contributed by atoms with Gasteiger partial charge in [0.25, 0.3) is 0 Å². The van der Waals surface area contributed by atoms with E-state index in [4.69, 9.17) is 21.3 Å². The van der Waals surface area contributed by atoms with Crippen molar-refractivity contribution in [3.8, 4) is 27.6 Å². The van der Waals surface area contributed by atoms with E-state index >= 15 is 0 Å². The van der Waals surface area contributed by atoms with Gasteiger partial charge in [0.05, 0.1) is 18.4 Å². The van der Waals surface area contributed by atoms with Gasteiger partial charge in [-0.1, -0.05) is 54.1 Å². The van der Waals surface area contributed by atoms with E-state index in [1.54, 1.807) is 29.5 Å². The summed E-state index contributed by atoms with van der Waals surface area (Å²) in [6, 6.07) is 22.4. The number of carbonyl (C=O) groups excluding carboxylic acids is 2. The number of amides is 1. The van der Waals surface area contributed by atoms with E-state index in [0.29, 0.717) is 22.0 Å². The number of Topliss-reactive ketones (excluding diaryl/α,β-unsaturated/α-hetero) is 1. The van der Waals surface area contributed by atoms with Crippen LogP contribution < -0.4 is 10.1 Å². The standard InChI is InChI=1S/C26H21ClN2O3S/c1-32-24-13-9-19(27)15-21(24)23(30)12-14-25(31)28-20-10-7-17(8-11-20)22-16-33-26(29-22)18-5-3-2-4-6-18/h2-11,13,15-16H,12,14H2,1H3,(H,28,31). The van der Waals surface area contributed by atoms with Crippen molar-refractivity contribution in [1.82, 2.24) is 4.98 Å². The zero-order chi connectivity index (χ0) is 23.2. The molecule has 1 amide bonds. The lowest BCUT2D eigenvalue weighted by Crippen LogP contribution is -2.13. The molecule has 0 bridgehead atoms. The van der Waals surface area contributed by atoms with Gasteiger partial charge in [-0.15, -0.1) is 11.3 Å². The summed E-state index contributed by atoms with van der Waals surface area (Å²) in [6.07, 6.45) is 0.116. The molecule has 3 aromatic carbocycles. The number of benzene rings is 3. The van der Waals surface area contributed by atoms with E-state index in [-0.39, 0.29) is 24.5 Å². The number of halogens is 1. The SMILES string of the molecule is COc1ccc(Cl)cc1C(=O)CCC(=O)Nc1ccc(-c2csc(-c3ccccc3)n2)cc1. The maximum atomic E-state index is 12.5. The Kier molecular flexibility index (Phi) is 7.17. The highest BCUT2D eigenvalue weighted by Gasteiger charge is 2.15. The van der Waals surface area contributed by atoms with Crippen LogP contribution in [0.1, 0.15) is 23.2 Å². The number of ether oxygens (including phenoxy) is 1. The van der Waals surface area contributed by atoms with Crippen LogP contribution >= 0.6 is 22.9 Å². The summed E-state index contributed by atoms with van der Waals surface area (Å²) in [5.41, 5.74) is 3.98. The Hall–Kier alpha value is -3.48. The number of nitrogens with zero attached hydrogens (tertiary/aromatic N) is 1. The summed E-state index contributed by atoms with van der Waals surface area (Å²) in [4.78, 5) is 29.6. The number of carbonyl (C=O) groups is 2. The molecule has 1 heterocycles. The minimum atomic E-state index is -0.239. The molecule has 0 aliphatic carbocycles. The Labute approximate surface area is 201 Å². The summed E-state index contributed by atoms with van der Waals surface area (Å²) >= 11 is 7.58. The highest BCUT2D eigenvalue weighted by Crippen LogP contribution is 2.29. The third-order valence-electron chi connectivity index (χ3n) is 5.03. The number of hydrogen-bond acceptors (Lipinski definition) is 5. The molecule has 33 heavy (non-hydrogen) atoms. The maximum absolute atomic E-state index is 12.5. The number of ketones is 1. The molecule has 1 N–H and O–H groups in total. The first-order valence-corrected chi connectivity index (χ1v) is 11.6. The van der Waals surface area contributed by atoms with Crippen LogP contribution in [0, 0.1) is 0 Å². The zero-order valence-electron chi connectivity index (χ0n) is 17.9. The van der Waals surface area contributed by atoms with Crippen LogP contribution in [-0.4, -0.2) is 23.8 Å². The summed E-state index contributed by atoms with van der Waals surface area (Å²) in [6.45, 7) is 0. The number of anilines is 1. The topological polar surface area (TPSA) is 68.3 Å². The first-order chi connectivity index (χ1) is 16.0. The highest BCUT2D eigenvalue weighted by molar-refractivity contribution is 7.13. The molecule has 0 fully saturated rings. The first kappa shape index (κ1) is 22.7. The lowest BCUT2D eigenvalue weighted by atomic mass is 10.1. The van der Waals surface area contributed by atoms with E-state index in [2.05, 4.69) is 5.32 Å². The van der Waals surface area contributed by atoms with Gasteiger partial charge in [0.15, 0.2) is 5.78 Å². The van der Waals surface area contributed by atoms with Crippen LogP contribution in [0.25, 0.3) is 21.8 Å². The van der Waals surface area contributed by atoms with E-state index in [1.165, 1.54) is 7.11 Å². The fourth-order valence-electron chi connectivity index (χ4n) is 3.33. The summed E-state index contributed by atoms with van der Waals surface area (Å²) < 4.78 is 5.21. The average Bonchev–Trinajstić information content (AvgIpc) is 3.34. The number of rotatable bonds is 8. The average molecular weight is 477 g/mol. The Balaban J connectivity index is 1.35. The van der Waals surface area contributed by atoms with Crippen molar-refractivity contribution in [1.29, 1.82) is 0 Å². The highest BCUT2D eigenvalue weighted by atomic mass is 35.5. The number of methoxy groups -OCH3 is 1. The molecular weight excluding hydrogens is 456 g/mol. The van der Waals surface area contributed by atoms with Crippen molar-refractivity contribution in [3.63, 3.8) is 0 Å². The second-order valence-electron chi connectivity index (χ2n) is 7.30. The van der Waals surface area contributed by atoms with Crippen LogP contribution in [-0.2, 0) is 4.79 Å². The number of nitrogens with one attached hydrogen (secondary N) is 1. The predicted molar refractivity (Wildman–Crippen MR) is 133 cm³/mol. The van der Waals surface area contributed by atoms with Gasteiger partial charge in [-0.2, -0.15) is 0 Å². The van der Waals surface area contributed by atoms with Crippen molar-refractivity contribution in [2.75, 3.05) is 12.4 Å². The van der Waals surface area contributed by atoms with Gasteiger partial charge in [-0.3, -0.25) is 9.59 Å². The predicted octanol–water partition coefficient (Wildman–Crippen LogP) is 6.74. The van der Waals surface area contributed by atoms with Crippen molar-refractivity contribution in [2.24, 2.45) is 0 Å². The lowest BCUT2D eigenvalue weighted by Gasteiger charge is -2.09. The van der Waals surface area contributed by atoms with Gasteiger partial charge in [-0.25, -0.2) is 4.98 Å². The molecule has 0 spiro atoms. The number of thiazole rings is 1. The molecule has 0 unspecified atom stereocenters. The van der Waals surface area contributed by atoms with Gasteiger partial charge in [0, 0.05) is 40.1 Å². The van der Waals surface area contributed by atoms with E-state index < -0.39 is 0 Å². The molecule has 0 saturated heterocycles. The molecule has 1 aromatic heterocycles. The molecule has 0 aliphatic heterocycles. The quantitative estimate of drug-likeness (QED) is 0.286. The summed E-state index contributed by atoms with van der Waals surface area (Å²) in [5, 5.41) is 6.26. The molecular formula is C26H21ClN2O3S. The maximum Gasteiger partial charge on any atom is 0.224 e. The van der Waals surface area contributed by atoms with Crippen LogP contribution in [0.4, 0.5) is 5.69 Å². The smallest absolute Gasteiger partial charge is 0.224 e. The Morgan fingerprint density at radius 2 is 1.73 bits per heavy atom.